The van der Waals surface area contributed by atoms with Crippen LogP contribution in [0.3, 0.4) is 0 Å². The van der Waals surface area contributed by atoms with Gasteiger partial charge in [0.05, 0.1) is 24.1 Å². The van der Waals surface area contributed by atoms with Crippen LogP contribution in [0.15, 0.2) is 38.9 Å². The molecule has 4 nitrogen and oxygen atoms in total. The zero-order valence-electron chi connectivity index (χ0n) is 9.59. The summed E-state index contributed by atoms with van der Waals surface area (Å²) in [5, 5.41) is 19.0. The highest BCUT2D eigenvalue weighted by Gasteiger charge is 2.12. The van der Waals surface area contributed by atoms with Gasteiger partial charge < -0.3 is 9.67 Å². The summed E-state index contributed by atoms with van der Waals surface area (Å²) in [6, 6.07) is 7.76. The van der Waals surface area contributed by atoms with Gasteiger partial charge in [-0.05, 0) is 28.1 Å². The first-order chi connectivity index (χ1) is 8.67. The molecule has 6 heteroatoms. The maximum atomic E-state index is 9.14. The summed E-state index contributed by atoms with van der Waals surface area (Å²) in [5.41, 5.74) is 1.34. The van der Waals surface area contributed by atoms with Gasteiger partial charge in [-0.25, -0.2) is 4.98 Å². The van der Waals surface area contributed by atoms with Gasteiger partial charge in [0.2, 0.25) is 0 Å². The van der Waals surface area contributed by atoms with E-state index in [-0.39, 0.29) is 6.61 Å². The van der Waals surface area contributed by atoms with Crippen LogP contribution in [0.4, 0.5) is 0 Å². The van der Waals surface area contributed by atoms with Crippen LogP contribution in [0.1, 0.15) is 11.3 Å². The first-order valence-electron chi connectivity index (χ1n) is 5.15. The van der Waals surface area contributed by atoms with E-state index in [0.29, 0.717) is 5.56 Å². The second kappa shape index (κ2) is 5.57. The second-order valence-corrected chi connectivity index (χ2v) is 5.44. The summed E-state index contributed by atoms with van der Waals surface area (Å²) in [6.07, 6.45) is 1.63. The molecule has 0 spiro atoms. The van der Waals surface area contributed by atoms with E-state index in [4.69, 9.17) is 10.4 Å². The van der Waals surface area contributed by atoms with Crippen molar-refractivity contribution in [2.75, 3.05) is 0 Å². The lowest BCUT2D eigenvalue weighted by Gasteiger charge is -2.06. The van der Waals surface area contributed by atoms with E-state index in [1.54, 1.807) is 6.20 Å². The Bertz CT molecular complexity index is 618. The van der Waals surface area contributed by atoms with Gasteiger partial charge in [0.1, 0.15) is 6.07 Å². The fraction of sp³-hybridized carbons (Fsp3) is 0.167. The molecule has 1 heterocycles. The SMILES string of the molecule is Cn1c(CO)cnc1Sc1cccc(Br)c1C#N. The minimum atomic E-state index is -0.0480. The van der Waals surface area contributed by atoms with Gasteiger partial charge in [0, 0.05) is 16.4 Å². The monoisotopic (exact) mass is 323 g/mol. The Morgan fingerprint density at radius 2 is 2.33 bits per heavy atom. The van der Waals surface area contributed by atoms with Crippen LogP contribution in [-0.4, -0.2) is 14.7 Å². The van der Waals surface area contributed by atoms with Crippen molar-refractivity contribution < 1.29 is 5.11 Å². The van der Waals surface area contributed by atoms with Gasteiger partial charge in [-0.3, -0.25) is 0 Å². The van der Waals surface area contributed by atoms with E-state index in [1.165, 1.54) is 11.8 Å². The van der Waals surface area contributed by atoms with Crippen molar-refractivity contribution in [1.29, 1.82) is 5.26 Å². The second-order valence-electron chi connectivity index (χ2n) is 3.58. The molecule has 0 amide bonds. The molecule has 1 N–H and O–H groups in total. The molecule has 1 aromatic carbocycles. The third kappa shape index (κ3) is 2.43. The van der Waals surface area contributed by atoms with Crippen LogP contribution >= 0.6 is 27.7 Å². The Morgan fingerprint density at radius 3 is 2.94 bits per heavy atom. The number of benzene rings is 1. The first-order valence-corrected chi connectivity index (χ1v) is 6.76. The van der Waals surface area contributed by atoms with E-state index in [2.05, 4.69) is 27.0 Å². The average molecular weight is 324 g/mol. The topological polar surface area (TPSA) is 61.8 Å². The molecule has 0 bridgehead atoms. The van der Waals surface area contributed by atoms with Crippen molar-refractivity contribution in [2.24, 2.45) is 7.05 Å². The summed E-state index contributed by atoms with van der Waals surface area (Å²) in [7, 11) is 1.84. The third-order valence-electron chi connectivity index (χ3n) is 2.49. The molecule has 1 aromatic heterocycles. The van der Waals surface area contributed by atoms with Crippen molar-refractivity contribution in [1.82, 2.24) is 9.55 Å². The number of halogens is 1. The molecule has 0 unspecified atom stereocenters. The summed E-state index contributed by atoms with van der Waals surface area (Å²) in [5.74, 6) is 0. The number of hydrogen-bond donors (Lipinski definition) is 1. The molecular weight excluding hydrogens is 314 g/mol. The lowest BCUT2D eigenvalue weighted by Crippen LogP contribution is -1.97. The van der Waals surface area contributed by atoms with Crippen LogP contribution in [0.2, 0.25) is 0 Å². The van der Waals surface area contributed by atoms with E-state index in [0.717, 1.165) is 20.2 Å². The van der Waals surface area contributed by atoms with E-state index in [1.807, 2.05) is 29.8 Å². The minimum absolute atomic E-state index is 0.0480. The first kappa shape index (κ1) is 13.1. The standard InChI is InChI=1S/C12H10BrN3OS/c1-16-8(7-17)6-15-12(16)18-11-4-2-3-10(13)9(11)5-14/h2-4,6,17H,7H2,1H3. The highest BCUT2D eigenvalue weighted by molar-refractivity contribution is 9.10. The van der Waals surface area contributed by atoms with Crippen molar-refractivity contribution >= 4 is 27.7 Å². The number of nitriles is 1. The van der Waals surface area contributed by atoms with Crippen LogP contribution in [0, 0.1) is 11.3 Å². The molecule has 0 aliphatic heterocycles. The highest BCUT2D eigenvalue weighted by Crippen LogP contribution is 2.32. The number of imidazole rings is 1. The third-order valence-corrected chi connectivity index (χ3v) is 4.27. The minimum Gasteiger partial charge on any atom is -0.390 e. The van der Waals surface area contributed by atoms with Gasteiger partial charge in [0.15, 0.2) is 5.16 Å². The summed E-state index contributed by atoms with van der Waals surface area (Å²) < 4.78 is 2.58. The largest absolute Gasteiger partial charge is 0.390 e. The average Bonchev–Trinajstić information content (AvgIpc) is 2.71. The number of aliphatic hydroxyl groups is 1. The van der Waals surface area contributed by atoms with Crippen LogP contribution in [0.25, 0.3) is 0 Å². The Morgan fingerprint density at radius 1 is 1.56 bits per heavy atom. The maximum Gasteiger partial charge on any atom is 0.172 e. The molecule has 0 fully saturated rings. The normalized spacial score (nSPS) is 10.3. The molecule has 0 saturated heterocycles. The Balaban J connectivity index is 2.38. The van der Waals surface area contributed by atoms with E-state index in [9.17, 15) is 0 Å². The lowest BCUT2D eigenvalue weighted by atomic mass is 10.2. The molecule has 18 heavy (non-hydrogen) atoms. The summed E-state index contributed by atoms with van der Waals surface area (Å²) in [6.45, 7) is -0.0480. The van der Waals surface area contributed by atoms with Crippen LogP contribution in [-0.2, 0) is 13.7 Å². The fourth-order valence-electron chi connectivity index (χ4n) is 1.46. The molecule has 0 aliphatic carbocycles. The smallest absolute Gasteiger partial charge is 0.172 e. The predicted octanol–water partition coefficient (Wildman–Crippen LogP) is 2.70. The van der Waals surface area contributed by atoms with E-state index < -0.39 is 0 Å². The number of nitrogens with zero attached hydrogens (tertiary/aromatic N) is 3. The molecule has 2 rings (SSSR count). The molecule has 2 aromatic rings. The molecule has 0 atom stereocenters. The Labute approximate surface area is 117 Å². The van der Waals surface area contributed by atoms with Crippen LogP contribution in [0.5, 0.6) is 0 Å². The summed E-state index contributed by atoms with van der Waals surface area (Å²) in [4.78, 5) is 5.07. The fourth-order valence-corrected chi connectivity index (χ4v) is 3.01. The molecular formula is C12H10BrN3OS. The van der Waals surface area contributed by atoms with Crippen molar-refractivity contribution in [3.8, 4) is 6.07 Å². The van der Waals surface area contributed by atoms with Crippen LogP contribution < -0.4 is 0 Å². The Hall–Kier alpha value is -1.29. The number of hydrogen-bond acceptors (Lipinski definition) is 4. The lowest BCUT2D eigenvalue weighted by molar-refractivity contribution is 0.271. The van der Waals surface area contributed by atoms with Gasteiger partial charge in [0.25, 0.3) is 0 Å². The number of aromatic nitrogens is 2. The molecule has 92 valence electrons. The van der Waals surface area contributed by atoms with Crippen molar-refractivity contribution in [3.63, 3.8) is 0 Å². The quantitative estimate of drug-likeness (QED) is 0.943. The van der Waals surface area contributed by atoms with Crippen molar-refractivity contribution in [3.05, 3.63) is 40.1 Å². The predicted molar refractivity (Wildman–Crippen MR) is 72.1 cm³/mol. The molecule has 0 radical (unpaired) electrons. The van der Waals surface area contributed by atoms with Gasteiger partial charge in [-0.2, -0.15) is 5.26 Å². The number of rotatable bonds is 3. The van der Waals surface area contributed by atoms with Gasteiger partial charge >= 0.3 is 0 Å². The zero-order chi connectivity index (χ0) is 13.1. The van der Waals surface area contributed by atoms with Gasteiger partial charge in [-0.1, -0.05) is 17.8 Å². The van der Waals surface area contributed by atoms with Crippen molar-refractivity contribution in [2.45, 2.75) is 16.7 Å². The Kier molecular flexibility index (Phi) is 4.07. The molecule has 0 aliphatic rings. The highest BCUT2D eigenvalue weighted by atomic mass is 79.9. The van der Waals surface area contributed by atoms with E-state index >= 15 is 0 Å². The maximum absolute atomic E-state index is 9.14. The van der Waals surface area contributed by atoms with Gasteiger partial charge in [-0.15, -0.1) is 0 Å². The zero-order valence-corrected chi connectivity index (χ0v) is 12.0. The summed E-state index contributed by atoms with van der Waals surface area (Å²) >= 11 is 4.76. The number of aliphatic hydroxyl groups excluding tert-OH is 1. The molecule has 0 saturated carbocycles.